The van der Waals surface area contributed by atoms with Crippen LogP contribution in [0.1, 0.15) is 43.1 Å². The fraction of sp³-hybridized carbons (Fsp3) is 0.500. The van der Waals surface area contributed by atoms with Gasteiger partial charge in [-0.2, -0.15) is 0 Å². The van der Waals surface area contributed by atoms with Crippen LogP contribution < -0.4 is 0 Å². The number of Topliss-reactive ketones (excluding diaryl/α,β-unsaturated/α-hetero) is 1. The van der Waals surface area contributed by atoms with Gasteiger partial charge >= 0.3 is 0 Å². The molecule has 0 heterocycles. The molecule has 1 aliphatic rings. The van der Waals surface area contributed by atoms with Crippen LogP contribution in [-0.4, -0.2) is 18.5 Å². The van der Waals surface area contributed by atoms with E-state index < -0.39 is 0 Å². The zero-order valence-corrected chi connectivity index (χ0v) is 12.0. The van der Waals surface area contributed by atoms with Crippen LogP contribution in [0.4, 0.5) is 0 Å². The van der Waals surface area contributed by atoms with E-state index >= 15 is 0 Å². The second-order valence-corrected chi connectivity index (χ2v) is 6.00. The van der Waals surface area contributed by atoms with Crippen molar-refractivity contribution in [1.82, 2.24) is 0 Å². The van der Waals surface area contributed by atoms with E-state index in [9.17, 15) is 4.79 Å². The largest absolute Gasteiger partial charge is 0.370 e. The Morgan fingerprint density at radius 2 is 2.18 bits per heavy atom. The Morgan fingerprint density at radius 1 is 1.47 bits per heavy atom. The van der Waals surface area contributed by atoms with Crippen molar-refractivity contribution < 1.29 is 9.53 Å². The smallest absolute Gasteiger partial charge is 0.191 e. The van der Waals surface area contributed by atoms with Gasteiger partial charge in [0.05, 0.1) is 0 Å². The van der Waals surface area contributed by atoms with Gasteiger partial charge in [-0.05, 0) is 36.5 Å². The van der Waals surface area contributed by atoms with Gasteiger partial charge in [0.15, 0.2) is 5.78 Å². The molecule has 3 heteroatoms. The average Bonchev–Trinajstić information content (AvgIpc) is 2.25. The zero-order valence-electron chi connectivity index (χ0n) is 10.4. The molecule has 2 nitrogen and oxygen atoms in total. The Balaban J connectivity index is 2.49. The molecule has 0 amide bonds. The monoisotopic (exact) mass is 296 g/mol. The van der Waals surface area contributed by atoms with E-state index in [1.807, 2.05) is 25.1 Å². The van der Waals surface area contributed by atoms with Gasteiger partial charge in [-0.15, -0.1) is 0 Å². The van der Waals surface area contributed by atoms with Gasteiger partial charge in [0.2, 0.25) is 0 Å². The number of halogens is 1. The molecule has 0 fully saturated rings. The van der Waals surface area contributed by atoms with Gasteiger partial charge in [-0.1, -0.05) is 35.8 Å². The molecule has 1 unspecified atom stereocenters. The molecule has 0 radical (unpaired) electrons. The van der Waals surface area contributed by atoms with Crippen LogP contribution in [0.2, 0.25) is 0 Å². The van der Waals surface area contributed by atoms with Crippen molar-refractivity contribution in [3.8, 4) is 0 Å². The summed E-state index contributed by atoms with van der Waals surface area (Å²) in [5.74, 6) is 0.113. The summed E-state index contributed by atoms with van der Waals surface area (Å²) in [6.45, 7) is 6.84. The van der Waals surface area contributed by atoms with Crippen LogP contribution >= 0.6 is 15.9 Å². The number of hydrogen-bond donors (Lipinski definition) is 0. The minimum atomic E-state index is -0.295. The first-order chi connectivity index (χ1) is 7.95. The second-order valence-electron chi connectivity index (χ2n) is 5.09. The van der Waals surface area contributed by atoms with E-state index in [4.69, 9.17) is 4.74 Å². The lowest BCUT2D eigenvalue weighted by molar-refractivity contribution is 0.0310. The molecular formula is C14H17BrO2. The quantitative estimate of drug-likeness (QED) is 0.831. The summed E-state index contributed by atoms with van der Waals surface area (Å²) in [4.78, 5) is 12.3. The second kappa shape index (κ2) is 4.54. The molecular weight excluding hydrogens is 280 g/mol. The van der Waals surface area contributed by atoms with Crippen molar-refractivity contribution >= 4 is 21.7 Å². The molecule has 2 rings (SSSR count). The van der Waals surface area contributed by atoms with Crippen molar-refractivity contribution in [2.75, 3.05) is 6.61 Å². The Morgan fingerprint density at radius 3 is 2.82 bits per heavy atom. The highest BCUT2D eigenvalue weighted by Crippen LogP contribution is 2.38. The summed E-state index contributed by atoms with van der Waals surface area (Å²) in [7, 11) is 0. The molecule has 0 aromatic heterocycles. The van der Waals surface area contributed by atoms with Gasteiger partial charge in [-0.25, -0.2) is 0 Å². The Kier molecular flexibility index (Phi) is 3.41. The van der Waals surface area contributed by atoms with Crippen LogP contribution in [0, 0.1) is 0 Å². The maximum Gasteiger partial charge on any atom is 0.191 e. The summed E-state index contributed by atoms with van der Waals surface area (Å²) < 4.78 is 6.50. The molecule has 1 aliphatic carbocycles. The van der Waals surface area contributed by atoms with Crippen LogP contribution in [0.15, 0.2) is 22.7 Å². The first kappa shape index (κ1) is 12.8. The van der Waals surface area contributed by atoms with Gasteiger partial charge < -0.3 is 4.74 Å². The fourth-order valence-corrected chi connectivity index (χ4v) is 2.85. The summed E-state index contributed by atoms with van der Waals surface area (Å²) >= 11 is 3.42. The van der Waals surface area contributed by atoms with Crippen molar-refractivity contribution in [1.29, 1.82) is 0 Å². The van der Waals surface area contributed by atoms with E-state index in [-0.39, 0.29) is 17.3 Å². The number of ether oxygens (including phenoxy) is 1. The van der Waals surface area contributed by atoms with Gasteiger partial charge in [0, 0.05) is 16.6 Å². The molecule has 0 spiro atoms. The molecule has 0 aliphatic heterocycles. The summed E-state index contributed by atoms with van der Waals surface area (Å²) in [5.41, 5.74) is 1.92. The molecule has 1 aromatic rings. The Hall–Kier alpha value is -0.670. The normalized spacial score (nSPS) is 22.4. The van der Waals surface area contributed by atoms with Crippen molar-refractivity contribution in [2.24, 2.45) is 0 Å². The molecule has 0 N–H and O–H groups in total. The van der Waals surface area contributed by atoms with Crippen LogP contribution in [0.5, 0.6) is 0 Å². The topological polar surface area (TPSA) is 26.3 Å². The number of benzene rings is 1. The minimum Gasteiger partial charge on any atom is -0.370 e. The third-order valence-electron chi connectivity index (χ3n) is 3.33. The number of fused-ring (bicyclic) bond motifs is 1. The third kappa shape index (κ3) is 2.31. The van der Waals surface area contributed by atoms with Gasteiger partial charge in [0.25, 0.3) is 0 Å². The maximum atomic E-state index is 12.3. The fourth-order valence-electron chi connectivity index (χ4n) is 2.49. The minimum absolute atomic E-state index is 0.0101. The predicted octanol–water partition coefficient (Wildman–Crippen LogP) is 3.72. The van der Waals surface area contributed by atoms with Crippen molar-refractivity contribution in [3.63, 3.8) is 0 Å². The van der Waals surface area contributed by atoms with E-state index in [0.29, 0.717) is 6.61 Å². The van der Waals surface area contributed by atoms with Crippen molar-refractivity contribution in [2.45, 2.75) is 38.7 Å². The summed E-state index contributed by atoms with van der Waals surface area (Å²) in [6, 6.07) is 5.94. The predicted molar refractivity (Wildman–Crippen MR) is 71.5 cm³/mol. The Bertz CT molecular complexity index is 452. The Labute approximate surface area is 110 Å². The first-order valence-corrected chi connectivity index (χ1v) is 6.71. The van der Waals surface area contributed by atoms with Gasteiger partial charge in [0.1, 0.15) is 6.10 Å². The van der Waals surface area contributed by atoms with Crippen LogP contribution in [-0.2, 0) is 10.2 Å². The standard InChI is InChI=1S/C14H17BrO2/c1-4-17-12-8-14(2,3)11-6-5-9(15)7-10(11)13(12)16/h5-7,12H,4,8H2,1-3H3. The lowest BCUT2D eigenvalue weighted by Gasteiger charge is -2.36. The number of carbonyl (C=O) groups excluding carboxylic acids is 1. The average molecular weight is 297 g/mol. The zero-order chi connectivity index (χ0) is 12.6. The number of ketones is 1. The van der Waals surface area contributed by atoms with Crippen LogP contribution in [0.3, 0.4) is 0 Å². The number of rotatable bonds is 2. The summed E-state index contributed by atoms with van der Waals surface area (Å²) in [5, 5.41) is 0. The van der Waals surface area contributed by atoms with E-state index in [0.717, 1.165) is 22.0 Å². The number of hydrogen-bond acceptors (Lipinski definition) is 2. The van der Waals surface area contributed by atoms with E-state index in [1.54, 1.807) is 0 Å². The lowest BCUT2D eigenvalue weighted by atomic mass is 9.71. The highest BCUT2D eigenvalue weighted by atomic mass is 79.9. The highest BCUT2D eigenvalue weighted by Gasteiger charge is 2.38. The third-order valence-corrected chi connectivity index (χ3v) is 3.83. The highest BCUT2D eigenvalue weighted by molar-refractivity contribution is 9.10. The molecule has 17 heavy (non-hydrogen) atoms. The van der Waals surface area contributed by atoms with Crippen molar-refractivity contribution in [3.05, 3.63) is 33.8 Å². The van der Waals surface area contributed by atoms with E-state index in [1.165, 1.54) is 0 Å². The number of carbonyl (C=O) groups is 1. The summed E-state index contributed by atoms with van der Waals surface area (Å²) in [6.07, 6.45) is 0.464. The molecule has 1 atom stereocenters. The molecule has 1 aromatic carbocycles. The molecule has 92 valence electrons. The lowest BCUT2D eigenvalue weighted by Crippen LogP contribution is -2.39. The molecule has 0 bridgehead atoms. The molecule has 0 saturated carbocycles. The SMILES string of the molecule is CCOC1CC(C)(C)c2ccc(Br)cc2C1=O. The van der Waals surface area contributed by atoms with Crippen LogP contribution in [0.25, 0.3) is 0 Å². The molecule has 0 saturated heterocycles. The maximum absolute atomic E-state index is 12.3. The van der Waals surface area contributed by atoms with E-state index in [2.05, 4.69) is 29.8 Å². The first-order valence-electron chi connectivity index (χ1n) is 5.91. The van der Waals surface area contributed by atoms with Gasteiger partial charge in [-0.3, -0.25) is 4.79 Å².